The molecule has 1 atom stereocenters. The Morgan fingerprint density at radius 2 is 1.38 bits per heavy atom. The maximum Gasteiger partial charge on any atom is 0.126 e. The van der Waals surface area contributed by atoms with Crippen molar-refractivity contribution in [2.75, 3.05) is 33.8 Å². The van der Waals surface area contributed by atoms with Crippen LogP contribution >= 0.6 is 0 Å². The topological polar surface area (TPSA) is 133 Å². The van der Waals surface area contributed by atoms with Gasteiger partial charge in [0, 0.05) is 0 Å². The van der Waals surface area contributed by atoms with Gasteiger partial charge in [0.1, 0.15) is 12.6 Å². The molecule has 0 aromatic heterocycles. The van der Waals surface area contributed by atoms with Gasteiger partial charge in [-0.3, -0.25) is 0 Å². The molecule has 0 aliphatic rings. The third-order valence-electron chi connectivity index (χ3n) is 3.03. The summed E-state index contributed by atoms with van der Waals surface area (Å²) >= 11 is 0. The van der Waals surface area contributed by atoms with Crippen LogP contribution in [0, 0.1) is 10.2 Å². The summed E-state index contributed by atoms with van der Waals surface area (Å²) < 4.78 is 34.8. The van der Waals surface area contributed by atoms with Crippen molar-refractivity contribution in [3.05, 3.63) is 0 Å². The van der Waals surface area contributed by atoms with Crippen LogP contribution in [0.15, 0.2) is 0 Å². The first kappa shape index (κ1) is 23.3. The van der Waals surface area contributed by atoms with Crippen LogP contribution < -0.4 is 18.6 Å². The Bertz CT molecular complexity index is 229. The van der Waals surface area contributed by atoms with Gasteiger partial charge < -0.3 is 14.7 Å². The first-order chi connectivity index (χ1) is 9.52. The number of hydrogen-bond donors (Lipinski definition) is 2. The summed E-state index contributed by atoms with van der Waals surface area (Å²) in [6.45, 7) is 3.84. The molecule has 0 aromatic carbocycles. The molecule has 0 spiro atoms. The lowest BCUT2D eigenvalue weighted by atomic mass is 10.1. The molecule has 0 bridgehead atoms. The van der Waals surface area contributed by atoms with E-state index in [9.17, 15) is 5.11 Å². The standard InChI is InChI=1S/C13H30NO2.ClHO4/c1-4-5-6-7-8-9-10-14(2,3)11-13(16)12-15;2-1(3,4)5/h13,15-16H,4-12H2,1-3H3;(H,2,3,4,5)/q+1;/p-1. The van der Waals surface area contributed by atoms with E-state index in [4.69, 9.17) is 23.7 Å². The summed E-state index contributed by atoms with van der Waals surface area (Å²) in [6, 6.07) is 0. The van der Waals surface area contributed by atoms with Crippen LogP contribution in [-0.2, 0) is 0 Å². The fourth-order valence-corrected chi connectivity index (χ4v) is 2.04. The maximum atomic E-state index is 9.40. The van der Waals surface area contributed by atoms with Crippen LogP contribution in [0.5, 0.6) is 0 Å². The lowest BCUT2D eigenvalue weighted by Gasteiger charge is -2.31. The minimum Gasteiger partial charge on any atom is -0.393 e. The number of nitrogens with zero attached hydrogens (tertiary/aromatic N) is 1. The molecule has 0 aromatic rings. The Morgan fingerprint density at radius 3 is 1.81 bits per heavy atom. The van der Waals surface area contributed by atoms with E-state index in [-0.39, 0.29) is 6.61 Å². The van der Waals surface area contributed by atoms with Gasteiger partial charge in [-0.1, -0.05) is 32.6 Å². The molecular formula is C13H30ClNO6. The van der Waals surface area contributed by atoms with E-state index in [0.717, 1.165) is 11.0 Å². The molecule has 21 heavy (non-hydrogen) atoms. The molecule has 2 N–H and O–H groups in total. The SMILES string of the molecule is CCCCCCCC[N+](C)(C)CC(O)CO.[O-][Cl+3]([O-])([O-])[O-]. The van der Waals surface area contributed by atoms with Crippen LogP contribution in [0.4, 0.5) is 0 Å². The molecule has 0 fully saturated rings. The Kier molecular flexibility index (Phi) is 13.9. The van der Waals surface area contributed by atoms with Crippen molar-refractivity contribution in [3.63, 3.8) is 0 Å². The van der Waals surface area contributed by atoms with Crippen molar-refractivity contribution in [2.45, 2.75) is 51.6 Å². The number of rotatable bonds is 10. The van der Waals surface area contributed by atoms with Gasteiger partial charge in [0.2, 0.25) is 0 Å². The predicted molar refractivity (Wildman–Crippen MR) is 68.3 cm³/mol. The van der Waals surface area contributed by atoms with Gasteiger partial charge in [0.15, 0.2) is 0 Å². The van der Waals surface area contributed by atoms with E-state index in [0.29, 0.717) is 6.54 Å². The monoisotopic (exact) mass is 331 g/mol. The minimum absolute atomic E-state index is 0.127. The molecule has 0 heterocycles. The Labute approximate surface area is 129 Å². The number of aliphatic hydroxyl groups is 2. The van der Waals surface area contributed by atoms with Gasteiger partial charge in [-0.2, -0.15) is 0 Å². The van der Waals surface area contributed by atoms with Gasteiger partial charge in [0.05, 0.1) is 27.2 Å². The highest BCUT2D eigenvalue weighted by molar-refractivity contribution is 4.51. The second-order valence-corrected chi connectivity index (χ2v) is 6.58. The van der Waals surface area contributed by atoms with Crippen LogP contribution in [0.1, 0.15) is 45.4 Å². The summed E-state index contributed by atoms with van der Waals surface area (Å²) in [4.78, 5) is 0. The molecule has 0 radical (unpaired) electrons. The van der Waals surface area contributed by atoms with Crippen LogP contribution in [0.2, 0.25) is 0 Å². The van der Waals surface area contributed by atoms with E-state index in [1.807, 2.05) is 0 Å². The molecule has 130 valence electrons. The quantitative estimate of drug-likeness (QED) is 0.324. The van der Waals surface area contributed by atoms with Gasteiger partial charge >= 0.3 is 0 Å². The minimum atomic E-state index is -4.94. The molecular weight excluding hydrogens is 302 g/mol. The largest absolute Gasteiger partial charge is 0.393 e. The van der Waals surface area contributed by atoms with Crippen LogP contribution in [-0.4, -0.2) is 54.6 Å². The van der Waals surface area contributed by atoms with E-state index in [2.05, 4.69) is 21.0 Å². The fraction of sp³-hybridized carbons (Fsp3) is 1.00. The van der Waals surface area contributed by atoms with E-state index in [1.165, 1.54) is 38.5 Å². The molecule has 8 heteroatoms. The molecule has 7 nitrogen and oxygen atoms in total. The summed E-state index contributed by atoms with van der Waals surface area (Å²) in [7, 11) is -0.712. The lowest BCUT2D eigenvalue weighted by molar-refractivity contribution is -2.00. The zero-order chi connectivity index (χ0) is 16.9. The Hall–Kier alpha value is 0.01000. The van der Waals surface area contributed by atoms with Crippen molar-refractivity contribution in [3.8, 4) is 0 Å². The highest BCUT2D eigenvalue weighted by atomic mass is 35.7. The van der Waals surface area contributed by atoms with E-state index < -0.39 is 16.3 Å². The van der Waals surface area contributed by atoms with Gasteiger partial charge in [-0.25, -0.2) is 18.6 Å². The number of quaternary nitrogens is 1. The van der Waals surface area contributed by atoms with E-state index >= 15 is 0 Å². The van der Waals surface area contributed by atoms with Gasteiger partial charge in [-0.05, 0) is 12.8 Å². The van der Waals surface area contributed by atoms with Gasteiger partial charge in [-0.15, -0.1) is 10.2 Å². The predicted octanol–water partition coefficient (Wildman–Crippen LogP) is -2.98. The molecule has 0 rings (SSSR count). The second kappa shape index (κ2) is 12.5. The van der Waals surface area contributed by atoms with Crippen LogP contribution in [0.3, 0.4) is 0 Å². The second-order valence-electron chi connectivity index (χ2n) is 5.82. The fourth-order valence-electron chi connectivity index (χ4n) is 2.04. The van der Waals surface area contributed by atoms with E-state index in [1.54, 1.807) is 0 Å². The highest BCUT2D eigenvalue weighted by Crippen LogP contribution is 2.08. The van der Waals surface area contributed by atoms with Crippen molar-refractivity contribution in [1.82, 2.24) is 0 Å². The first-order valence-corrected chi connectivity index (χ1v) is 8.48. The molecule has 0 amide bonds. The average Bonchev–Trinajstić information content (AvgIpc) is 2.30. The van der Waals surface area contributed by atoms with Crippen LogP contribution in [0.25, 0.3) is 0 Å². The summed E-state index contributed by atoms with van der Waals surface area (Å²) in [6.07, 6.45) is 7.26. The Morgan fingerprint density at radius 1 is 0.952 bits per heavy atom. The number of aliphatic hydroxyl groups excluding tert-OH is 2. The third-order valence-corrected chi connectivity index (χ3v) is 3.03. The highest BCUT2D eigenvalue weighted by Gasteiger charge is 2.19. The smallest absolute Gasteiger partial charge is 0.126 e. The number of likely N-dealkylation sites (N-methyl/N-ethyl adjacent to an activating group) is 1. The lowest BCUT2D eigenvalue weighted by Crippen LogP contribution is -2.68. The summed E-state index contributed by atoms with van der Waals surface area (Å²) in [5.74, 6) is 0. The molecule has 0 aliphatic carbocycles. The number of halogens is 1. The first-order valence-electron chi connectivity index (χ1n) is 7.24. The van der Waals surface area contributed by atoms with Crippen molar-refractivity contribution >= 4 is 0 Å². The van der Waals surface area contributed by atoms with Crippen molar-refractivity contribution in [2.24, 2.45) is 0 Å². The zero-order valence-electron chi connectivity index (χ0n) is 13.3. The summed E-state index contributed by atoms with van der Waals surface area (Å²) in [5, 5.41) is 18.2. The Balaban J connectivity index is 0. The molecule has 0 saturated carbocycles. The third kappa shape index (κ3) is 25.3. The maximum absolute atomic E-state index is 9.40. The molecule has 0 saturated heterocycles. The zero-order valence-corrected chi connectivity index (χ0v) is 14.0. The molecule has 0 aliphatic heterocycles. The average molecular weight is 332 g/mol. The molecule has 1 unspecified atom stereocenters. The summed E-state index contributed by atoms with van der Waals surface area (Å²) in [5.41, 5.74) is 0. The van der Waals surface area contributed by atoms with Gasteiger partial charge in [0.25, 0.3) is 0 Å². The van der Waals surface area contributed by atoms with Crippen molar-refractivity contribution in [1.29, 1.82) is 0 Å². The number of unbranched alkanes of at least 4 members (excludes halogenated alkanes) is 5. The number of hydrogen-bond acceptors (Lipinski definition) is 6. The normalized spacial score (nSPS) is 13.6. The van der Waals surface area contributed by atoms with Crippen molar-refractivity contribution < 1.29 is 43.6 Å².